The molecule has 0 aliphatic rings. The largest absolute Gasteiger partial charge is 0.467 e. The molecule has 0 spiro atoms. The zero-order valence-corrected chi connectivity index (χ0v) is 11.1. The van der Waals surface area contributed by atoms with Crippen LogP contribution in [0.25, 0.3) is 0 Å². The van der Waals surface area contributed by atoms with Crippen molar-refractivity contribution in [2.24, 2.45) is 0 Å². The van der Waals surface area contributed by atoms with E-state index in [0.717, 1.165) is 11.3 Å². The summed E-state index contributed by atoms with van der Waals surface area (Å²) >= 11 is 1.15. The molecule has 0 aromatic carbocycles. The van der Waals surface area contributed by atoms with E-state index in [4.69, 9.17) is 4.42 Å². The SMILES string of the molecule is O=S(=O)(NCC[C@H](O)c1ccco1)c1cccs1. The molecule has 2 N–H and O–H groups in total. The molecule has 2 aromatic rings. The molecular weight excluding hydrogens is 274 g/mol. The van der Waals surface area contributed by atoms with Crippen LogP contribution >= 0.6 is 11.3 Å². The van der Waals surface area contributed by atoms with Crippen molar-refractivity contribution >= 4 is 21.4 Å². The topological polar surface area (TPSA) is 79.5 Å². The smallest absolute Gasteiger partial charge is 0.250 e. The molecule has 0 bridgehead atoms. The lowest BCUT2D eigenvalue weighted by molar-refractivity contribution is 0.142. The first-order chi connectivity index (χ1) is 8.59. The monoisotopic (exact) mass is 287 g/mol. The highest BCUT2D eigenvalue weighted by Gasteiger charge is 2.16. The lowest BCUT2D eigenvalue weighted by Crippen LogP contribution is -2.25. The van der Waals surface area contributed by atoms with Crippen LogP contribution in [0.5, 0.6) is 0 Å². The van der Waals surface area contributed by atoms with Gasteiger partial charge in [0, 0.05) is 6.54 Å². The molecule has 0 aliphatic heterocycles. The van der Waals surface area contributed by atoms with E-state index in [1.165, 1.54) is 12.3 Å². The average molecular weight is 287 g/mol. The second-order valence-corrected chi connectivity index (χ2v) is 6.59. The van der Waals surface area contributed by atoms with Gasteiger partial charge in [-0.15, -0.1) is 11.3 Å². The third-order valence-corrected chi connectivity index (χ3v) is 5.20. The summed E-state index contributed by atoms with van der Waals surface area (Å²) in [5.74, 6) is 0.435. The Kier molecular flexibility index (Phi) is 4.18. The van der Waals surface area contributed by atoms with Crippen LogP contribution in [-0.4, -0.2) is 20.1 Å². The molecule has 0 unspecified atom stereocenters. The Morgan fingerprint density at radius 1 is 1.39 bits per heavy atom. The van der Waals surface area contributed by atoms with Crippen LogP contribution in [0, 0.1) is 0 Å². The Morgan fingerprint density at radius 3 is 2.83 bits per heavy atom. The zero-order chi connectivity index (χ0) is 13.0. The van der Waals surface area contributed by atoms with E-state index in [9.17, 15) is 13.5 Å². The summed E-state index contributed by atoms with van der Waals surface area (Å²) in [6, 6.07) is 6.54. The fourth-order valence-corrected chi connectivity index (χ4v) is 3.53. The molecule has 0 saturated carbocycles. The van der Waals surface area contributed by atoms with Crippen molar-refractivity contribution in [3.05, 3.63) is 41.7 Å². The minimum atomic E-state index is -3.45. The van der Waals surface area contributed by atoms with Crippen molar-refractivity contribution in [1.29, 1.82) is 0 Å². The fourth-order valence-electron chi connectivity index (χ4n) is 1.44. The van der Waals surface area contributed by atoms with Gasteiger partial charge in [0.2, 0.25) is 10.0 Å². The second kappa shape index (κ2) is 5.66. The van der Waals surface area contributed by atoms with Crippen molar-refractivity contribution in [3.8, 4) is 0 Å². The maximum Gasteiger partial charge on any atom is 0.250 e. The van der Waals surface area contributed by atoms with E-state index in [1.54, 1.807) is 23.6 Å². The minimum absolute atomic E-state index is 0.155. The number of hydrogen-bond donors (Lipinski definition) is 2. The van der Waals surface area contributed by atoms with Crippen LogP contribution in [-0.2, 0) is 10.0 Å². The summed E-state index contributed by atoms with van der Waals surface area (Å²) in [5.41, 5.74) is 0. The van der Waals surface area contributed by atoms with Crippen molar-refractivity contribution in [2.75, 3.05) is 6.54 Å². The van der Waals surface area contributed by atoms with E-state index in [-0.39, 0.29) is 17.2 Å². The van der Waals surface area contributed by atoms with Gasteiger partial charge in [-0.2, -0.15) is 0 Å². The van der Waals surface area contributed by atoms with Crippen molar-refractivity contribution in [2.45, 2.75) is 16.7 Å². The molecular formula is C11H13NO4S2. The normalized spacial score (nSPS) is 13.6. The summed E-state index contributed by atoms with van der Waals surface area (Å²) in [7, 11) is -3.45. The summed E-state index contributed by atoms with van der Waals surface area (Å²) in [6.45, 7) is 0.155. The maximum absolute atomic E-state index is 11.8. The van der Waals surface area contributed by atoms with Gasteiger partial charge in [-0.05, 0) is 30.0 Å². The molecule has 7 heteroatoms. The van der Waals surface area contributed by atoms with E-state index in [0.29, 0.717) is 5.76 Å². The molecule has 2 heterocycles. The molecule has 0 fully saturated rings. The van der Waals surface area contributed by atoms with E-state index >= 15 is 0 Å². The number of nitrogens with one attached hydrogen (secondary N) is 1. The van der Waals surface area contributed by atoms with E-state index < -0.39 is 16.1 Å². The standard InChI is InChI=1S/C11H13NO4S2/c13-9(10-3-1-7-16-10)5-6-12-18(14,15)11-4-2-8-17-11/h1-4,7-9,12-13H,5-6H2/t9-/m0/s1. The minimum Gasteiger partial charge on any atom is -0.467 e. The van der Waals surface area contributed by atoms with E-state index in [1.807, 2.05) is 0 Å². The number of aliphatic hydroxyl groups excluding tert-OH is 1. The number of thiophene rings is 1. The molecule has 0 saturated heterocycles. The molecule has 1 atom stereocenters. The molecule has 5 nitrogen and oxygen atoms in total. The first-order valence-electron chi connectivity index (χ1n) is 5.34. The summed E-state index contributed by atoms with van der Waals surface area (Å²) in [6.07, 6.45) is 0.929. The van der Waals surface area contributed by atoms with Gasteiger partial charge in [-0.3, -0.25) is 0 Å². The highest BCUT2D eigenvalue weighted by molar-refractivity contribution is 7.91. The predicted molar refractivity (Wildman–Crippen MR) is 67.8 cm³/mol. The third kappa shape index (κ3) is 3.20. The van der Waals surface area contributed by atoms with Crippen molar-refractivity contribution < 1.29 is 17.9 Å². The summed E-state index contributed by atoms with van der Waals surface area (Å²) in [5, 5.41) is 11.4. The maximum atomic E-state index is 11.8. The first kappa shape index (κ1) is 13.3. The molecule has 0 radical (unpaired) electrons. The number of furan rings is 1. The number of aliphatic hydroxyl groups is 1. The Bertz CT molecular complexity index is 560. The highest BCUT2D eigenvalue weighted by Crippen LogP contribution is 2.18. The highest BCUT2D eigenvalue weighted by atomic mass is 32.2. The third-order valence-electron chi connectivity index (χ3n) is 2.34. The van der Waals surface area contributed by atoms with Crippen LogP contribution in [0.1, 0.15) is 18.3 Å². The molecule has 98 valence electrons. The van der Waals surface area contributed by atoms with Crippen LogP contribution in [0.15, 0.2) is 44.5 Å². The Labute approximate surface area is 109 Å². The lowest BCUT2D eigenvalue weighted by Gasteiger charge is -2.08. The zero-order valence-electron chi connectivity index (χ0n) is 9.44. The number of hydrogen-bond acceptors (Lipinski definition) is 5. The first-order valence-corrected chi connectivity index (χ1v) is 7.70. The van der Waals surface area contributed by atoms with Gasteiger partial charge in [-0.25, -0.2) is 13.1 Å². The summed E-state index contributed by atoms with van der Waals surface area (Å²) in [4.78, 5) is 0. The summed E-state index contributed by atoms with van der Waals surface area (Å²) < 4.78 is 31.2. The molecule has 2 rings (SSSR count). The van der Waals surface area contributed by atoms with Crippen LogP contribution in [0.4, 0.5) is 0 Å². The van der Waals surface area contributed by atoms with Gasteiger partial charge < -0.3 is 9.52 Å². The molecule has 0 aliphatic carbocycles. The molecule has 18 heavy (non-hydrogen) atoms. The Morgan fingerprint density at radius 2 is 2.22 bits per heavy atom. The number of rotatable bonds is 6. The molecule has 2 aromatic heterocycles. The fraction of sp³-hybridized carbons (Fsp3) is 0.273. The van der Waals surface area contributed by atoms with Crippen LogP contribution < -0.4 is 4.72 Å². The second-order valence-electron chi connectivity index (χ2n) is 3.65. The van der Waals surface area contributed by atoms with Crippen LogP contribution in [0.2, 0.25) is 0 Å². The Hall–Kier alpha value is -1.15. The number of sulfonamides is 1. The predicted octanol–water partition coefficient (Wildman–Crippen LogP) is 1.74. The van der Waals surface area contributed by atoms with Gasteiger partial charge in [0.1, 0.15) is 16.1 Å². The average Bonchev–Trinajstić information content (AvgIpc) is 3.02. The van der Waals surface area contributed by atoms with Crippen molar-refractivity contribution in [3.63, 3.8) is 0 Å². The van der Waals surface area contributed by atoms with Gasteiger partial charge in [0.15, 0.2) is 0 Å². The van der Waals surface area contributed by atoms with Crippen molar-refractivity contribution in [1.82, 2.24) is 4.72 Å². The van der Waals surface area contributed by atoms with E-state index in [2.05, 4.69) is 4.72 Å². The van der Waals surface area contributed by atoms with Gasteiger partial charge in [-0.1, -0.05) is 6.07 Å². The van der Waals surface area contributed by atoms with Gasteiger partial charge >= 0.3 is 0 Å². The van der Waals surface area contributed by atoms with Crippen LogP contribution in [0.3, 0.4) is 0 Å². The lowest BCUT2D eigenvalue weighted by atomic mass is 10.2. The Balaban J connectivity index is 1.86. The van der Waals surface area contributed by atoms with Gasteiger partial charge in [0.25, 0.3) is 0 Å². The quantitative estimate of drug-likeness (QED) is 0.848. The van der Waals surface area contributed by atoms with Gasteiger partial charge in [0.05, 0.1) is 6.26 Å². The molecule has 0 amide bonds.